The van der Waals surface area contributed by atoms with Crippen LogP contribution in [0.2, 0.25) is 5.02 Å². The molecule has 0 saturated heterocycles. The number of nitrogens with one attached hydrogen (secondary N) is 1. The highest BCUT2D eigenvalue weighted by molar-refractivity contribution is 9.10. The predicted molar refractivity (Wildman–Crippen MR) is 136 cm³/mol. The summed E-state index contributed by atoms with van der Waals surface area (Å²) in [4.78, 5) is 11.4. The van der Waals surface area contributed by atoms with Gasteiger partial charge in [-0.2, -0.15) is 0 Å². The zero-order chi connectivity index (χ0) is 23.8. The molecule has 0 unspecified atom stereocenters. The van der Waals surface area contributed by atoms with Crippen LogP contribution in [-0.4, -0.2) is 12.0 Å². The summed E-state index contributed by atoms with van der Waals surface area (Å²) in [7, 11) is 1.60. The fraction of sp³-hybridized carbons (Fsp3) is 0.231. The van der Waals surface area contributed by atoms with E-state index in [1.807, 2.05) is 42.5 Å². The van der Waals surface area contributed by atoms with Gasteiger partial charge in [0, 0.05) is 22.6 Å². The van der Waals surface area contributed by atoms with E-state index in [4.69, 9.17) is 21.1 Å². The predicted octanol–water partition coefficient (Wildman–Crippen LogP) is 7.42. The SMILES string of the molecule is COc1cc([C@@H]2Nc3c(cccc3[N+](=O)[O-])[C@@H]3C=CC[C@@H]32)cc(Br)c1OCc1ccccc1Cl. The Morgan fingerprint density at radius 1 is 1.21 bits per heavy atom. The first-order chi connectivity index (χ1) is 16.5. The standard InChI is InChI=1S/C26H22BrClN2O4/c1-33-23-13-16(12-20(27)26(23)34-14-15-6-2-3-10-21(15)28)24-18-8-4-7-17(18)19-9-5-11-22(30(31)32)25(19)29-24/h2-7,9-13,17-18,24,29H,8,14H2,1H3/t17-,18+,24+/m1/s1. The number of nitro groups is 1. The highest BCUT2D eigenvalue weighted by Crippen LogP contribution is 2.53. The lowest BCUT2D eigenvalue weighted by Crippen LogP contribution is -2.29. The van der Waals surface area contributed by atoms with Gasteiger partial charge >= 0.3 is 0 Å². The molecule has 0 bridgehead atoms. The van der Waals surface area contributed by atoms with Crippen LogP contribution in [0, 0.1) is 16.0 Å². The third-order valence-corrected chi connectivity index (χ3v) is 7.47. The van der Waals surface area contributed by atoms with Gasteiger partial charge in [0.2, 0.25) is 0 Å². The van der Waals surface area contributed by atoms with Crippen molar-refractivity contribution in [3.05, 3.63) is 103 Å². The molecule has 1 aliphatic carbocycles. The van der Waals surface area contributed by atoms with Crippen molar-refractivity contribution in [2.45, 2.75) is 25.0 Å². The van der Waals surface area contributed by atoms with Gasteiger partial charge in [0.15, 0.2) is 11.5 Å². The Balaban J connectivity index is 1.50. The molecule has 8 heteroatoms. The van der Waals surface area contributed by atoms with Gasteiger partial charge in [-0.15, -0.1) is 0 Å². The highest BCUT2D eigenvalue weighted by Gasteiger charge is 2.40. The van der Waals surface area contributed by atoms with Crippen molar-refractivity contribution in [1.29, 1.82) is 0 Å². The second-order valence-electron chi connectivity index (χ2n) is 8.39. The maximum atomic E-state index is 11.7. The molecular weight excluding hydrogens is 520 g/mol. The minimum absolute atomic E-state index is 0.0898. The topological polar surface area (TPSA) is 73.6 Å². The van der Waals surface area contributed by atoms with Gasteiger partial charge in [-0.25, -0.2) is 0 Å². The molecule has 0 spiro atoms. The van der Waals surface area contributed by atoms with E-state index >= 15 is 0 Å². The van der Waals surface area contributed by atoms with Crippen LogP contribution in [-0.2, 0) is 6.61 Å². The Morgan fingerprint density at radius 3 is 2.79 bits per heavy atom. The van der Waals surface area contributed by atoms with Crippen molar-refractivity contribution in [3.8, 4) is 11.5 Å². The highest BCUT2D eigenvalue weighted by atomic mass is 79.9. The molecule has 0 amide bonds. The molecule has 5 rings (SSSR count). The number of fused-ring (bicyclic) bond motifs is 3. The molecule has 0 saturated carbocycles. The van der Waals surface area contributed by atoms with Gasteiger partial charge in [0.05, 0.1) is 22.5 Å². The van der Waals surface area contributed by atoms with Gasteiger partial charge in [-0.05, 0) is 57.6 Å². The average molecular weight is 542 g/mol. The number of para-hydroxylation sites is 1. The van der Waals surface area contributed by atoms with Crippen LogP contribution in [0.4, 0.5) is 11.4 Å². The number of rotatable bonds is 6. The van der Waals surface area contributed by atoms with Crippen LogP contribution in [0.3, 0.4) is 0 Å². The van der Waals surface area contributed by atoms with Crippen LogP contribution >= 0.6 is 27.5 Å². The third kappa shape index (κ3) is 4.03. The molecule has 3 aromatic carbocycles. The summed E-state index contributed by atoms with van der Waals surface area (Å²) in [6, 6.07) is 16.6. The zero-order valence-corrected chi connectivity index (χ0v) is 20.7. The van der Waals surface area contributed by atoms with Crippen LogP contribution in [0.1, 0.15) is 35.1 Å². The van der Waals surface area contributed by atoms with E-state index in [9.17, 15) is 10.1 Å². The largest absolute Gasteiger partial charge is 0.493 e. The average Bonchev–Trinajstić information content (AvgIpc) is 3.33. The van der Waals surface area contributed by atoms with E-state index in [1.165, 1.54) is 0 Å². The summed E-state index contributed by atoms with van der Waals surface area (Å²) in [6.45, 7) is 0.295. The molecule has 6 nitrogen and oxygen atoms in total. The molecule has 0 radical (unpaired) electrons. The first-order valence-corrected chi connectivity index (χ1v) is 12.1. The normalized spacial score (nSPS) is 20.3. The van der Waals surface area contributed by atoms with E-state index in [1.54, 1.807) is 19.2 Å². The lowest BCUT2D eigenvalue weighted by atomic mass is 9.76. The van der Waals surface area contributed by atoms with Crippen LogP contribution < -0.4 is 14.8 Å². The van der Waals surface area contributed by atoms with Crippen LogP contribution in [0.25, 0.3) is 0 Å². The van der Waals surface area contributed by atoms with Crippen LogP contribution in [0.5, 0.6) is 11.5 Å². The van der Waals surface area contributed by atoms with Crippen molar-refractivity contribution in [2.75, 3.05) is 12.4 Å². The number of allylic oxidation sites excluding steroid dienone is 2. The maximum Gasteiger partial charge on any atom is 0.292 e. The third-order valence-electron chi connectivity index (χ3n) is 6.51. The summed E-state index contributed by atoms with van der Waals surface area (Å²) in [5.41, 5.74) is 3.48. The second kappa shape index (κ2) is 9.31. The lowest BCUT2D eigenvalue weighted by molar-refractivity contribution is -0.384. The summed E-state index contributed by atoms with van der Waals surface area (Å²) < 4.78 is 12.5. The van der Waals surface area contributed by atoms with Crippen molar-refractivity contribution >= 4 is 38.9 Å². The Labute approximate surface area is 210 Å². The number of hydrogen-bond acceptors (Lipinski definition) is 5. The summed E-state index contributed by atoms with van der Waals surface area (Å²) in [5, 5.41) is 15.8. The first-order valence-electron chi connectivity index (χ1n) is 10.9. The Kier molecular flexibility index (Phi) is 6.23. The van der Waals surface area contributed by atoms with Gasteiger partial charge in [0.25, 0.3) is 5.69 Å². The monoisotopic (exact) mass is 540 g/mol. The van der Waals surface area contributed by atoms with E-state index in [-0.39, 0.29) is 28.5 Å². The quantitative estimate of drug-likeness (QED) is 0.200. The lowest BCUT2D eigenvalue weighted by Gasteiger charge is -2.37. The molecule has 0 aromatic heterocycles. The maximum absolute atomic E-state index is 11.7. The van der Waals surface area contributed by atoms with E-state index in [0.717, 1.165) is 27.6 Å². The number of nitro benzene ring substituents is 1. The molecule has 0 fully saturated rings. The number of halogens is 2. The molecular formula is C26H22BrClN2O4. The zero-order valence-electron chi connectivity index (χ0n) is 18.3. The molecule has 1 aliphatic heterocycles. The van der Waals surface area contributed by atoms with Gasteiger partial charge in [-0.1, -0.05) is 54.1 Å². The molecule has 174 valence electrons. The summed E-state index contributed by atoms with van der Waals surface area (Å²) >= 11 is 9.92. The molecule has 3 aromatic rings. The smallest absolute Gasteiger partial charge is 0.292 e. The van der Waals surface area contributed by atoms with Crippen molar-refractivity contribution in [1.82, 2.24) is 0 Å². The number of methoxy groups -OCH3 is 1. The number of anilines is 1. The fourth-order valence-electron chi connectivity index (χ4n) is 4.91. The first kappa shape index (κ1) is 22.7. The van der Waals surface area contributed by atoms with Crippen molar-refractivity contribution in [3.63, 3.8) is 0 Å². The molecule has 34 heavy (non-hydrogen) atoms. The van der Waals surface area contributed by atoms with E-state index in [2.05, 4.69) is 33.4 Å². The van der Waals surface area contributed by atoms with Gasteiger partial charge in [0.1, 0.15) is 12.3 Å². The van der Waals surface area contributed by atoms with Gasteiger partial charge < -0.3 is 14.8 Å². The minimum Gasteiger partial charge on any atom is -0.493 e. The Hall–Kier alpha value is -3.03. The Bertz CT molecular complexity index is 1300. The number of ether oxygens (including phenoxy) is 2. The summed E-state index contributed by atoms with van der Waals surface area (Å²) in [6.07, 6.45) is 5.20. The molecule has 3 atom stereocenters. The molecule has 2 aliphatic rings. The van der Waals surface area contributed by atoms with Crippen molar-refractivity contribution in [2.24, 2.45) is 5.92 Å². The van der Waals surface area contributed by atoms with E-state index in [0.29, 0.717) is 28.8 Å². The van der Waals surface area contributed by atoms with Crippen molar-refractivity contribution < 1.29 is 14.4 Å². The Morgan fingerprint density at radius 2 is 2.03 bits per heavy atom. The molecule has 1 heterocycles. The van der Waals surface area contributed by atoms with Gasteiger partial charge in [-0.3, -0.25) is 10.1 Å². The number of benzene rings is 3. The number of nitrogens with zero attached hydrogens (tertiary/aromatic N) is 1. The van der Waals surface area contributed by atoms with Crippen LogP contribution in [0.15, 0.2) is 71.2 Å². The van der Waals surface area contributed by atoms with E-state index < -0.39 is 0 Å². The fourth-order valence-corrected chi connectivity index (χ4v) is 5.68. The summed E-state index contributed by atoms with van der Waals surface area (Å²) in [5.74, 6) is 1.51. The second-order valence-corrected chi connectivity index (χ2v) is 9.65. The number of hydrogen-bond donors (Lipinski definition) is 1. The minimum atomic E-state index is -0.329. The molecule has 1 N–H and O–H groups in total.